The van der Waals surface area contributed by atoms with E-state index in [2.05, 4.69) is 11.5 Å². The van der Waals surface area contributed by atoms with Crippen molar-refractivity contribution in [2.24, 2.45) is 5.84 Å². The van der Waals surface area contributed by atoms with E-state index in [1.54, 1.807) is 6.07 Å². The second-order valence-corrected chi connectivity index (χ2v) is 6.49. The Balaban J connectivity index is 1.83. The summed E-state index contributed by atoms with van der Waals surface area (Å²) in [5.74, 6) is 5.54. The van der Waals surface area contributed by atoms with Crippen LogP contribution < -0.4 is 11.3 Å². The van der Waals surface area contributed by atoms with Gasteiger partial charge >= 0.3 is 0 Å². The van der Waals surface area contributed by atoms with Gasteiger partial charge in [0.15, 0.2) is 0 Å². The Hall–Kier alpha value is -1.23. The minimum absolute atomic E-state index is 0.0116. The monoisotopic (exact) mass is 290 g/mol. The van der Waals surface area contributed by atoms with Gasteiger partial charge in [-0.15, -0.1) is 11.3 Å². The number of fused-ring (bicyclic) bond motifs is 1. The molecule has 1 aromatic carbocycles. The van der Waals surface area contributed by atoms with E-state index < -0.39 is 0 Å². The number of nitrogens with two attached hydrogens (primary N) is 1. The van der Waals surface area contributed by atoms with Gasteiger partial charge in [-0.2, -0.15) is 0 Å². The maximum absolute atomic E-state index is 13.8. The van der Waals surface area contributed by atoms with Crippen LogP contribution in [0.1, 0.15) is 39.8 Å². The molecule has 106 valence electrons. The van der Waals surface area contributed by atoms with Crippen molar-refractivity contribution in [3.05, 3.63) is 57.0 Å². The molecule has 0 fully saturated rings. The Morgan fingerprint density at radius 3 is 2.80 bits per heavy atom. The summed E-state index contributed by atoms with van der Waals surface area (Å²) in [6.45, 7) is 0. The third kappa shape index (κ3) is 2.77. The molecule has 1 unspecified atom stereocenters. The summed E-state index contributed by atoms with van der Waals surface area (Å²) in [4.78, 5) is 2.71. The molecule has 2 aromatic rings. The minimum Gasteiger partial charge on any atom is -0.271 e. The van der Waals surface area contributed by atoms with Crippen molar-refractivity contribution in [3.8, 4) is 0 Å². The molecule has 1 aliphatic rings. The molecule has 3 rings (SSSR count). The predicted octanol–water partition coefficient (Wildman–Crippen LogP) is 3.51. The third-order valence-corrected chi connectivity index (χ3v) is 5.29. The van der Waals surface area contributed by atoms with Gasteiger partial charge in [-0.1, -0.05) is 18.2 Å². The standard InChI is InChI=1S/C16H19FN2S/c17-13-7-3-1-5-11(13)9-14(19-18)16-10-12-6-2-4-8-15(12)20-16/h1,3,5,7,10,14,19H,2,4,6,8-9,18H2. The number of benzene rings is 1. The summed E-state index contributed by atoms with van der Waals surface area (Å²) in [6.07, 6.45) is 5.49. The number of hydrazine groups is 1. The lowest BCUT2D eigenvalue weighted by Gasteiger charge is -2.14. The maximum Gasteiger partial charge on any atom is 0.126 e. The van der Waals surface area contributed by atoms with Gasteiger partial charge in [0.1, 0.15) is 5.82 Å². The Labute approximate surface area is 122 Å². The van der Waals surface area contributed by atoms with Gasteiger partial charge in [0.05, 0.1) is 6.04 Å². The van der Waals surface area contributed by atoms with Crippen molar-refractivity contribution >= 4 is 11.3 Å². The highest BCUT2D eigenvalue weighted by Gasteiger charge is 2.19. The van der Waals surface area contributed by atoms with E-state index in [0.29, 0.717) is 12.0 Å². The van der Waals surface area contributed by atoms with Crippen LogP contribution in [0, 0.1) is 5.82 Å². The topological polar surface area (TPSA) is 38.0 Å². The second-order valence-electron chi connectivity index (χ2n) is 5.32. The summed E-state index contributed by atoms with van der Waals surface area (Å²) < 4.78 is 13.8. The van der Waals surface area contributed by atoms with Crippen LogP contribution >= 0.6 is 11.3 Å². The third-order valence-electron chi connectivity index (χ3n) is 3.94. The fraction of sp³-hybridized carbons (Fsp3) is 0.375. The molecule has 1 heterocycles. The zero-order valence-corrected chi connectivity index (χ0v) is 12.2. The normalized spacial score (nSPS) is 15.9. The van der Waals surface area contributed by atoms with Crippen LogP contribution in [0.25, 0.3) is 0 Å². The molecule has 0 saturated heterocycles. The largest absolute Gasteiger partial charge is 0.271 e. The van der Waals surface area contributed by atoms with Crippen molar-refractivity contribution in [1.29, 1.82) is 0 Å². The number of nitrogens with one attached hydrogen (secondary N) is 1. The minimum atomic E-state index is -0.158. The van der Waals surface area contributed by atoms with E-state index in [1.807, 2.05) is 23.5 Å². The van der Waals surface area contributed by atoms with Crippen LogP contribution in [-0.4, -0.2) is 0 Å². The molecular weight excluding hydrogens is 271 g/mol. The quantitative estimate of drug-likeness (QED) is 0.668. The van der Waals surface area contributed by atoms with Crippen LogP contribution in [0.5, 0.6) is 0 Å². The molecule has 0 amide bonds. The lowest BCUT2D eigenvalue weighted by Crippen LogP contribution is -2.29. The van der Waals surface area contributed by atoms with Crippen molar-refractivity contribution in [3.63, 3.8) is 0 Å². The molecule has 0 aliphatic heterocycles. The van der Waals surface area contributed by atoms with Crippen LogP contribution in [0.4, 0.5) is 4.39 Å². The molecule has 3 N–H and O–H groups in total. The van der Waals surface area contributed by atoms with E-state index >= 15 is 0 Å². The fourth-order valence-corrected chi connectivity index (χ4v) is 4.13. The molecule has 0 saturated carbocycles. The summed E-state index contributed by atoms with van der Waals surface area (Å²) >= 11 is 1.83. The molecule has 0 spiro atoms. The maximum atomic E-state index is 13.8. The Morgan fingerprint density at radius 1 is 1.25 bits per heavy atom. The van der Waals surface area contributed by atoms with Crippen molar-refractivity contribution < 1.29 is 4.39 Å². The van der Waals surface area contributed by atoms with Gasteiger partial charge < -0.3 is 0 Å². The van der Waals surface area contributed by atoms with Gasteiger partial charge in [-0.3, -0.25) is 11.3 Å². The van der Waals surface area contributed by atoms with E-state index in [0.717, 1.165) is 0 Å². The average Bonchev–Trinajstić information content (AvgIpc) is 2.90. The number of hydrogen-bond acceptors (Lipinski definition) is 3. The van der Waals surface area contributed by atoms with E-state index in [9.17, 15) is 4.39 Å². The van der Waals surface area contributed by atoms with Crippen molar-refractivity contribution in [1.82, 2.24) is 5.43 Å². The first-order chi connectivity index (χ1) is 9.78. The van der Waals surface area contributed by atoms with E-state index in [-0.39, 0.29) is 11.9 Å². The highest BCUT2D eigenvalue weighted by Crippen LogP contribution is 2.34. The molecule has 4 heteroatoms. The number of rotatable bonds is 4. The molecular formula is C16H19FN2S. The van der Waals surface area contributed by atoms with Crippen LogP contribution in [-0.2, 0) is 19.3 Å². The molecule has 1 atom stereocenters. The summed E-state index contributed by atoms with van der Waals surface area (Å²) in [6, 6.07) is 9.15. The first-order valence-corrected chi connectivity index (χ1v) is 7.90. The van der Waals surface area contributed by atoms with Crippen LogP contribution in [0.15, 0.2) is 30.3 Å². The number of thiophene rings is 1. The van der Waals surface area contributed by atoms with E-state index in [1.165, 1.54) is 47.1 Å². The van der Waals surface area contributed by atoms with Crippen molar-refractivity contribution in [2.45, 2.75) is 38.1 Å². The lowest BCUT2D eigenvalue weighted by atomic mass is 9.98. The molecule has 1 aliphatic carbocycles. The van der Waals surface area contributed by atoms with Crippen LogP contribution in [0.3, 0.4) is 0 Å². The Bertz CT molecular complexity index is 570. The Kier molecular flexibility index (Phi) is 4.15. The fourth-order valence-electron chi connectivity index (χ4n) is 2.81. The van der Waals surface area contributed by atoms with Gasteiger partial charge in [0, 0.05) is 9.75 Å². The highest BCUT2D eigenvalue weighted by molar-refractivity contribution is 7.12. The number of hydrogen-bond donors (Lipinski definition) is 2. The zero-order chi connectivity index (χ0) is 13.9. The van der Waals surface area contributed by atoms with Crippen molar-refractivity contribution in [2.75, 3.05) is 0 Å². The smallest absolute Gasteiger partial charge is 0.126 e. The zero-order valence-electron chi connectivity index (χ0n) is 11.4. The van der Waals surface area contributed by atoms with Crippen LogP contribution in [0.2, 0.25) is 0 Å². The van der Waals surface area contributed by atoms with Gasteiger partial charge in [-0.25, -0.2) is 4.39 Å². The summed E-state index contributed by atoms with van der Waals surface area (Å²) in [5.41, 5.74) is 5.02. The average molecular weight is 290 g/mol. The number of aryl methyl sites for hydroxylation is 2. The van der Waals surface area contributed by atoms with Gasteiger partial charge in [0.25, 0.3) is 0 Å². The molecule has 0 radical (unpaired) electrons. The van der Waals surface area contributed by atoms with Gasteiger partial charge in [0.2, 0.25) is 0 Å². The molecule has 1 aromatic heterocycles. The molecule has 2 nitrogen and oxygen atoms in total. The van der Waals surface area contributed by atoms with Gasteiger partial charge in [-0.05, 0) is 55.4 Å². The first-order valence-electron chi connectivity index (χ1n) is 7.09. The first kappa shape index (κ1) is 13.7. The van der Waals surface area contributed by atoms with E-state index in [4.69, 9.17) is 5.84 Å². The second kappa shape index (κ2) is 6.04. The predicted molar refractivity (Wildman–Crippen MR) is 81.1 cm³/mol. The number of halogens is 1. The molecule has 0 bridgehead atoms. The highest BCUT2D eigenvalue weighted by atomic mass is 32.1. The lowest BCUT2D eigenvalue weighted by molar-refractivity contribution is 0.535. The SMILES string of the molecule is NNC(Cc1ccccc1F)c1cc2c(s1)CCCC2. The molecule has 20 heavy (non-hydrogen) atoms. The Morgan fingerprint density at radius 2 is 2.05 bits per heavy atom. The summed E-state index contributed by atoms with van der Waals surface area (Å²) in [7, 11) is 0. The summed E-state index contributed by atoms with van der Waals surface area (Å²) in [5, 5.41) is 0.